The number of imidazole rings is 1. The van der Waals surface area contributed by atoms with Crippen molar-refractivity contribution in [1.82, 2.24) is 24.2 Å². The number of fused-ring (bicyclic) bond motifs is 1. The zero-order valence-electron chi connectivity index (χ0n) is 19.0. The number of thiophene rings is 1. The molecule has 1 atom stereocenters. The second kappa shape index (κ2) is 8.89. The molecule has 2 aliphatic rings. The number of aromatic nitrogens is 4. The van der Waals surface area contributed by atoms with Crippen molar-refractivity contribution in [2.24, 2.45) is 0 Å². The Morgan fingerprint density at radius 2 is 2.00 bits per heavy atom. The zero-order valence-corrected chi connectivity index (χ0v) is 19.8. The first-order valence-corrected chi connectivity index (χ1v) is 12.7. The van der Waals surface area contributed by atoms with Crippen LogP contribution in [0.4, 0.5) is 0 Å². The van der Waals surface area contributed by atoms with Crippen LogP contribution in [0.3, 0.4) is 0 Å². The van der Waals surface area contributed by atoms with E-state index in [1.54, 1.807) is 0 Å². The molecule has 1 aromatic carbocycles. The van der Waals surface area contributed by atoms with Gasteiger partial charge >= 0.3 is 0 Å². The molecular formula is C26H29N5OS. The summed E-state index contributed by atoms with van der Waals surface area (Å²) in [5.41, 5.74) is 4.56. The number of para-hydroxylation sites is 1. The largest absolute Gasteiger partial charge is 0.373 e. The van der Waals surface area contributed by atoms with Gasteiger partial charge in [-0.2, -0.15) is 5.10 Å². The van der Waals surface area contributed by atoms with E-state index in [4.69, 9.17) is 9.72 Å². The molecule has 6 nitrogen and oxygen atoms in total. The van der Waals surface area contributed by atoms with Crippen LogP contribution in [0.25, 0.3) is 17.1 Å². The Morgan fingerprint density at radius 1 is 1.09 bits per heavy atom. The van der Waals surface area contributed by atoms with Gasteiger partial charge in [-0.25, -0.2) is 9.67 Å². The van der Waals surface area contributed by atoms with Crippen LogP contribution in [0.1, 0.15) is 46.5 Å². The topological polar surface area (TPSA) is 48.1 Å². The molecule has 6 rings (SSSR count). The predicted octanol–water partition coefficient (Wildman–Crippen LogP) is 5.36. The smallest absolute Gasteiger partial charge is 0.143 e. The fraction of sp³-hybridized carbons (Fsp3) is 0.385. The molecule has 2 aliphatic heterocycles. The summed E-state index contributed by atoms with van der Waals surface area (Å²) in [5.74, 6) is 1.03. The average molecular weight is 460 g/mol. The Kier molecular flexibility index (Phi) is 5.62. The summed E-state index contributed by atoms with van der Waals surface area (Å²) >= 11 is 1.92. The van der Waals surface area contributed by atoms with E-state index in [0.29, 0.717) is 6.10 Å². The molecule has 4 aromatic rings. The predicted molar refractivity (Wildman–Crippen MR) is 130 cm³/mol. The molecule has 1 fully saturated rings. The minimum atomic E-state index is 0.307. The number of aryl methyl sites for hydroxylation is 1. The normalized spacial score (nSPS) is 19.0. The fourth-order valence-electron chi connectivity index (χ4n) is 4.93. The van der Waals surface area contributed by atoms with Crippen LogP contribution >= 0.6 is 11.3 Å². The fourth-order valence-corrected chi connectivity index (χ4v) is 6.07. The van der Waals surface area contributed by atoms with E-state index in [0.717, 1.165) is 62.0 Å². The van der Waals surface area contributed by atoms with Crippen LogP contribution in [0, 0.1) is 6.92 Å². The summed E-state index contributed by atoms with van der Waals surface area (Å²) in [6.45, 7) is 6.92. The van der Waals surface area contributed by atoms with Gasteiger partial charge < -0.3 is 9.30 Å². The van der Waals surface area contributed by atoms with Crippen LogP contribution in [-0.4, -0.2) is 37.4 Å². The third-order valence-electron chi connectivity index (χ3n) is 6.71. The molecule has 33 heavy (non-hydrogen) atoms. The van der Waals surface area contributed by atoms with Crippen molar-refractivity contribution in [2.75, 3.05) is 13.2 Å². The van der Waals surface area contributed by atoms with Crippen molar-refractivity contribution in [1.29, 1.82) is 0 Å². The zero-order chi connectivity index (χ0) is 22.2. The van der Waals surface area contributed by atoms with Crippen LogP contribution in [-0.2, 0) is 24.4 Å². The number of hydrogen-bond donors (Lipinski definition) is 0. The Balaban J connectivity index is 1.18. The highest BCUT2D eigenvalue weighted by molar-refractivity contribution is 7.12. The quantitative estimate of drug-likeness (QED) is 0.403. The molecular weight excluding hydrogens is 430 g/mol. The lowest BCUT2D eigenvalue weighted by molar-refractivity contribution is 0.0172. The summed E-state index contributed by atoms with van der Waals surface area (Å²) in [6, 6.07) is 14.8. The lowest BCUT2D eigenvalue weighted by Crippen LogP contribution is -2.33. The van der Waals surface area contributed by atoms with Crippen molar-refractivity contribution < 1.29 is 4.74 Å². The van der Waals surface area contributed by atoms with Crippen LogP contribution in [0.5, 0.6) is 0 Å². The number of ether oxygens (including phenoxy) is 1. The summed E-state index contributed by atoms with van der Waals surface area (Å²) in [7, 11) is 0. The number of hydrogen-bond acceptors (Lipinski definition) is 5. The highest BCUT2D eigenvalue weighted by Crippen LogP contribution is 2.34. The van der Waals surface area contributed by atoms with E-state index in [9.17, 15) is 0 Å². The van der Waals surface area contributed by atoms with E-state index in [1.807, 2.05) is 40.4 Å². The maximum absolute atomic E-state index is 5.98. The lowest BCUT2D eigenvalue weighted by Gasteiger charge is -2.28. The maximum Gasteiger partial charge on any atom is 0.143 e. The SMILES string of the molecule is Cc1nc(-c2cnn(-c3ccccc3)c2)n2c1CN(Cc1ccc(C3CCCCO3)s1)CC2. The van der Waals surface area contributed by atoms with Crippen molar-refractivity contribution in [3.63, 3.8) is 0 Å². The second-order valence-corrected chi connectivity index (χ2v) is 10.2. The van der Waals surface area contributed by atoms with Crippen molar-refractivity contribution in [3.8, 4) is 17.1 Å². The van der Waals surface area contributed by atoms with Gasteiger partial charge in [-0.1, -0.05) is 18.2 Å². The monoisotopic (exact) mass is 459 g/mol. The lowest BCUT2D eigenvalue weighted by atomic mass is 10.1. The Bertz CT molecular complexity index is 1230. The van der Waals surface area contributed by atoms with Gasteiger partial charge in [0.1, 0.15) is 5.82 Å². The Labute approximate surface area is 198 Å². The summed E-state index contributed by atoms with van der Waals surface area (Å²) in [4.78, 5) is 10.3. The maximum atomic E-state index is 5.98. The second-order valence-electron chi connectivity index (χ2n) is 9.00. The van der Waals surface area contributed by atoms with Gasteiger partial charge in [0, 0.05) is 48.7 Å². The molecule has 0 amide bonds. The third-order valence-corrected chi connectivity index (χ3v) is 7.87. The van der Waals surface area contributed by atoms with E-state index in [2.05, 4.69) is 52.0 Å². The minimum Gasteiger partial charge on any atom is -0.373 e. The van der Waals surface area contributed by atoms with Gasteiger partial charge in [-0.15, -0.1) is 11.3 Å². The average Bonchev–Trinajstić information content (AvgIpc) is 3.60. The molecule has 3 aromatic heterocycles. The van der Waals surface area contributed by atoms with Gasteiger partial charge in [-0.05, 0) is 50.5 Å². The number of benzene rings is 1. The molecule has 0 N–H and O–H groups in total. The van der Waals surface area contributed by atoms with Gasteiger partial charge in [0.2, 0.25) is 0 Å². The standard InChI is InChI=1S/C26H29N5OS/c1-19-23-18-29(17-22-10-11-25(33-22)24-9-5-6-14-32-24)12-13-30(23)26(28-19)20-15-27-31(16-20)21-7-3-2-4-8-21/h2-4,7-8,10-11,15-16,24H,5-6,9,12-14,17-18H2,1H3. The van der Waals surface area contributed by atoms with Crippen LogP contribution in [0.15, 0.2) is 54.9 Å². The highest BCUT2D eigenvalue weighted by Gasteiger charge is 2.25. The third kappa shape index (κ3) is 4.16. The molecule has 170 valence electrons. The molecule has 0 bridgehead atoms. The first-order valence-electron chi connectivity index (χ1n) is 11.8. The van der Waals surface area contributed by atoms with Gasteiger partial charge in [0.05, 0.1) is 34.9 Å². The molecule has 0 radical (unpaired) electrons. The first kappa shape index (κ1) is 20.8. The molecule has 1 unspecified atom stereocenters. The molecule has 0 spiro atoms. The van der Waals surface area contributed by atoms with Crippen molar-refractivity contribution >= 4 is 11.3 Å². The molecule has 5 heterocycles. The molecule has 1 saturated heterocycles. The number of nitrogens with zero attached hydrogens (tertiary/aromatic N) is 5. The highest BCUT2D eigenvalue weighted by atomic mass is 32.1. The molecule has 0 saturated carbocycles. The summed E-state index contributed by atoms with van der Waals surface area (Å²) in [6.07, 6.45) is 7.95. The van der Waals surface area contributed by atoms with Crippen molar-refractivity contribution in [3.05, 3.63) is 76.0 Å². The van der Waals surface area contributed by atoms with Gasteiger partial charge in [0.15, 0.2) is 0 Å². The van der Waals surface area contributed by atoms with Gasteiger partial charge in [-0.3, -0.25) is 4.90 Å². The first-order chi connectivity index (χ1) is 16.2. The summed E-state index contributed by atoms with van der Waals surface area (Å²) in [5, 5.41) is 4.58. The van der Waals surface area contributed by atoms with Crippen molar-refractivity contribution in [2.45, 2.75) is 51.9 Å². The van der Waals surface area contributed by atoms with E-state index < -0.39 is 0 Å². The van der Waals surface area contributed by atoms with E-state index >= 15 is 0 Å². The van der Waals surface area contributed by atoms with Crippen LogP contribution < -0.4 is 0 Å². The number of rotatable bonds is 5. The van der Waals surface area contributed by atoms with Crippen LogP contribution in [0.2, 0.25) is 0 Å². The van der Waals surface area contributed by atoms with E-state index in [1.165, 1.54) is 28.3 Å². The van der Waals surface area contributed by atoms with Gasteiger partial charge in [0.25, 0.3) is 0 Å². The summed E-state index contributed by atoms with van der Waals surface area (Å²) < 4.78 is 10.3. The molecule has 7 heteroatoms. The van der Waals surface area contributed by atoms with E-state index in [-0.39, 0.29) is 0 Å². The Morgan fingerprint density at radius 3 is 2.85 bits per heavy atom. The molecule has 0 aliphatic carbocycles. The minimum absolute atomic E-state index is 0.307. The Hall–Kier alpha value is -2.74.